The van der Waals surface area contributed by atoms with Gasteiger partial charge in [-0.25, -0.2) is 18.9 Å². The van der Waals surface area contributed by atoms with E-state index < -0.39 is 15.9 Å². The Morgan fingerprint density at radius 1 is 1.21 bits per heavy atom. The molecule has 152 valence electrons. The van der Waals surface area contributed by atoms with Crippen LogP contribution in [0.15, 0.2) is 29.3 Å². The van der Waals surface area contributed by atoms with Crippen molar-refractivity contribution in [3.8, 4) is 11.5 Å². The first-order valence-electron chi connectivity index (χ1n) is 8.28. The Balaban J connectivity index is 1.75. The van der Waals surface area contributed by atoms with Crippen LogP contribution in [0.1, 0.15) is 9.67 Å². The molecule has 1 aliphatic rings. The number of anilines is 1. The molecule has 0 saturated carbocycles. The first-order valence-corrected chi connectivity index (χ1v) is 10.5. The number of methoxy groups -OCH3 is 2. The van der Waals surface area contributed by atoms with Crippen LogP contribution in [0.4, 0.5) is 5.13 Å². The second-order valence-electron chi connectivity index (χ2n) is 5.86. The summed E-state index contributed by atoms with van der Waals surface area (Å²) in [5, 5.41) is 9.29. The van der Waals surface area contributed by atoms with Crippen molar-refractivity contribution in [1.29, 1.82) is 0 Å². The van der Waals surface area contributed by atoms with E-state index in [2.05, 4.69) is 4.98 Å². The van der Waals surface area contributed by atoms with E-state index in [-0.39, 0.29) is 28.6 Å². The summed E-state index contributed by atoms with van der Waals surface area (Å²) in [7, 11) is -0.881. The number of hydrogen-bond donors (Lipinski definition) is 2. The molecule has 1 amide bonds. The molecule has 3 rings (SSSR count). The van der Waals surface area contributed by atoms with Gasteiger partial charge < -0.3 is 14.4 Å². The monoisotopic (exact) mass is 428 g/mol. The summed E-state index contributed by atoms with van der Waals surface area (Å²) >= 11 is 1.13. The van der Waals surface area contributed by atoms with Crippen molar-refractivity contribution in [3.63, 3.8) is 0 Å². The van der Waals surface area contributed by atoms with Crippen LogP contribution in [0, 0.1) is 0 Å². The second-order valence-corrected chi connectivity index (χ2v) is 8.77. The summed E-state index contributed by atoms with van der Waals surface area (Å²) in [4.78, 5) is 17.8. The van der Waals surface area contributed by atoms with Gasteiger partial charge in [0.05, 0.1) is 20.4 Å². The first-order chi connectivity index (χ1) is 13.4. The molecule has 0 bridgehead atoms. The number of sulfonamides is 1. The van der Waals surface area contributed by atoms with Crippen LogP contribution < -0.4 is 19.9 Å². The Hall–Kier alpha value is -2.41. The van der Waals surface area contributed by atoms with Crippen LogP contribution in [0.5, 0.6) is 11.5 Å². The number of thiazole rings is 1. The molecular weight excluding hydrogens is 408 g/mol. The number of benzene rings is 1. The van der Waals surface area contributed by atoms with Crippen LogP contribution in [0.25, 0.3) is 0 Å². The number of carbonyl (C=O) groups excluding carboxylic acids is 1. The molecule has 1 saturated heterocycles. The smallest absolute Gasteiger partial charge is 0.286 e. The molecule has 1 aromatic heterocycles. The van der Waals surface area contributed by atoms with Gasteiger partial charge in [-0.05, 0) is 12.1 Å². The van der Waals surface area contributed by atoms with Gasteiger partial charge in [0, 0.05) is 32.2 Å². The minimum Gasteiger partial charge on any atom is -0.497 e. The van der Waals surface area contributed by atoms with Crippen LogP contribution in [-0.2, 0) is 10.0 Å². The van der Waals surface area contributed by atoms with E-state index in [1.807, 2.05) is 4.90 Å². The lowest BCUT2D eigenvalue weighted by Gasteiger charge is -2.34. The third kappa shape index (κ3) is 3.90. The van der Waals surface area contributed by atoms with E-state index in [9.17, 15) is 13.2 Å². The van der Waals surface area contributed by atoms with E-state index in [4.69, 9.17) is 14.7 Å². The average molecular weight is 428 g/mol. The third-order valence-electron chi connectivity index (χ3n) is 4.32. The molecule has 0 unspecified atom stereocenters. The maximum atomic E-state index is 13.1. The van der Waals surface area contributed by atoms with Crippen molar-refractivity contribution < 1.29 is 27.9 Å². The fourth-order valence-corrected chi connectivity index (χ4v) is 5.27. The fourth-order valence-electron chi connectivity index (χ4n) is 2.82. The van der Waals surface area contributed by atoms with Crippen LogP contribution in [-0.4, -0.2) is 69.2 Å². The molecule has 0 spiro atoms. The van der Waals surface area contributed by atoms with Crippen molar-refractivity contribution in [1.82, 2.24) is 14.8 Å². The zero-order chi connectivity index (χ0) is 20.3. The predicted octanol–water partition coefficient (Wildman–Crippen LogP) is 0.790. The van der Waals surface area contributed by atoms with Gasteiger partial charge in [-0.3, -0.25) is 10.0 Å². The van der Waals surface area contributed by atoms with E-state index in [1.54, 1.807) is 17.6 Å². The minimum atomic E-state index is -3.77. The van der Waals surface area contributed by atoms with E-state index >= 15 is 0 Å². The summed E-state index contributed by atoms with van der Waals surface area (Å²) in [6, 6.07) is 4.64. The third-order valence-corrected chi connectivity index (χ3v) is 7.29. The van der Waals surface area contributed by atoms with Crippen molar-refractivity contribution in [2.24, 2.45) is 0 Å². The van der Waals surface area contributed by atoms with E-state index in [0.29, 0.717) is 24.0 Å². The number of piperazine rings is 1. The summed E-state index contributed by atoms with van der Waals surface area (Å²) in [6.45, 7) is 1.34. The summed E-state index contributed by atoms with van der Waals surface area (Å²) in [5.41, 5.74) is 1.57. The number of hydroxylamine groups is 1. The van der Waals surface area contributed by atoms with Crippen LogP contribution in [0.3, 0.4) is 0 Å². The molecule has 10 nitrogen and oxygen atoms in total. The molecular formula is C16H20N4O6S2. The fraction of sp³-hybridized carbons (Fsp3) is 0.375. The molecule has 1 fully saturated rings. The van der Waals surface area contributed by atoms with Crippen LogP contribution >= 0.6 is 11.3 Å². The maximum Gasteiger partial charge on any atom is 0.286 e. The van der Waals surface area contributed by atoms with E-state index in [1.165, 1.54) is 30.8 Å². The van der Waals surface area contributed by atoms with Crippen molar-refractivity contribution in [3.05, 3.63) is 29.3 Å². The van der Waals surface area contributed by atoms with Gasteiger partial charge in [0.1, 0.15) is 21.3 Å². The SMILES string of the molecule is COc1ccc(OC)c(S(=O)(=O)N2CCN(c3ncc(C(=O)NO)s3)CC2)c1. The number of hydrogen-bond acceptors (Lipinski definition) is 9. The Morgan fingerprint density at radius 2 is 1.93 bits per heavy atom. The molecule has 0 atom stereocenters. The zero-order valence-electron chi connectivity index (χ0n) is 15.3. The number of carbonyl (C=O) groups is 1. The molecule has 12 heteroatoms. The van der Waals surface area contributed by atoms with E-state index in [0.717, 1.165) is 11.3 Å². The van der Waals surface area contributed by atoms with Crippen molar-refractivity contribution in [2.45, 2.75) is 4.90 Å². The second kappa shape index (κ2) is 8.31. The highest BCUT2D eigenvalue weighted by molar-refractivity contribution is 7.89. The van der Waals surface area contributed by atoms with Crippen molar-refractivity contribution in [2.75, 3.05) is 45.3 Å². The Morgan fingerprint density at radius 3 is 2.54 bits per heavy atom. The Kier molecular flexibility index (Phi) is 6.03. The van der Waals surface area contributed by atoms with Gasteiger partial charge >= 0.3 is 0 Å². The maximum absolute atomic E-state index is 13.1. The quantitative estimate of drug-likeness (QED) is 0.512. The molecule has 2 heterocycles. The Bertz CT molecular complexity index is 954. The average Bonchev–Trinajstić information content (AvgIpc) is 3.23. The van der Waals surface area contributed by atoms with Gasteiger partial charge in [0.2, 0.25) is 10.0 Å². The molecule has 28 heavy (non-hydrogen) atoms. The lowest BCUT2D eigenvalue weighted by Crippen LogP contribution is -2.48. The van der Waals surface area contributed by atoms with Gasteiger partial charge in [-0.1, -0.05) is 11.3 Å². The van der Waals surface area contributed by atoms with Gasteiger partial charge in [-0.15, -0.1) is 0 Å². The normalized spacial score (nSPS) is 15.3. The molecule has 2 aromatic rings. The van der Waals surface area contributed by atoms with Gasteiger partial charge in [-0.2, -0.15) is 4.31 Å². The highest BCUT2D eigenvalue weighted by Gasteiger charge is 2.32. The van der Waals surface area contributed by atoms with Gasteiger partial charge in [0.15, 0.2) is 5.13 Å². The molecule has 1 aromatic carbocycles. The van der Waals surface area contributed by atoms with Gasteiger partial charge in [0.25, 0.3) is 5.91 Å². The number of nitrogens with one attached hydrogen (secondary N) is 1. The predicted molar refractivity (Wildman–Crippen MR) is 102 cm³/mol. The zero-order valence-corrected chi connectivity index (χ0v) is 16.9. The lowest BCUT2D eigenvalue weighted by atomic mass is 10.3. The molecule has 2 N–H and O–H groups in total. The van der Waals surface area contributed by atoms with Crippen LogP contribution in [0.2, 0.25) is 0 Å². The lowest BCUT2D eigenvalue weighted by molar-refractivity contribution is 0.0710. The highest BCUT2D eigenvalue weighted by atomic mass is 32.2. The van der Waals surface area contributed by atoms with Crippen molar-refractivity contribution >= 4 is 32.4 Å². The molecule has 0 radical (unpaired) electrons. The number of ether oxygens (including phenoxy) is 2. The number of aromatic nitrogens is 1. The number of rotatable bonds is 6. The number of nitrogens with zero attached hydrogens (tertiary/aromatic N) is 3. The largest absolute Gasteiger partial charge is 0.497 e. The molecule has 1 aliphatic heterocycles. The summed E-state index contributed by atoms with van der Waals surface area (Å²) in [5.74, 6) is 0.0494. The Labute approximate surface area is 166 Å². The summed E-state index contributed by atoms with van der Waals surface area (Å²) in [6.07, 6.45) is 1.37. The minimum absolute atomic E-state index is 0.0546. The highest BCUT2D eigenvalue weighted by Crippen LogP contribution is 2.32. The topological polar surface area (TPSA) is 121 Å². The standard InChI is InChI=1S/C16H20N4O6S2/c1-25-11-3-4-12(26-2)14(9-11)28(23,24)20-7-5-19(6-8-20)16-17-10-13(27-16)15(21)18-22/h3-4,9-10,22H,5-8H2,1-2H3,(H,18,21). The number of amides is 1. The first kappa shape index (κ1) is 20.3. The molecule has 0 aliphatic carbocycles. The summed E-state index contributed by atoms with van der Waals surface area (Å²) < 4.78 is 37.9.